The maximum absolute atomic E-state index is 9.22. The highest BCUT2D eigenvalue weighted by Gasteiger charge is 2.20. The molecule has 2 rings (SSSR count). The maximum atomic E-state index is 9.22. The first kappa shape index (κ1) is 11.7. The van der Waals surface area contributed by atoms with Crippen molar-refractivity contribution in [3.8, 4) is 11.5 Å². The van der Waals surface area contributed by atoms with Gasteiger partial charge in [0.05, 0.1) is 17.7 Å². The average molecular weight is 287 g/mol. The Morgan fingerprint density at radius 1 is 1.31 bits per heavy atom. The molecule has 0 bridgehead atoms. The zero-order valence-electron chi connectivity index (χ0n) is 9.20. The van der Waals surface area contributed by atoms with E-state index < -0.39 is 0 Å². The van der Waals surface area contributed by atoms with E-state index in [2.05, 4.69) is 15.9 Å². The molecule has 4 heteroatoms. The van der Waals surface area contributed by atoms with Gasteiger partial charge in [-0.05, 0) is 22.0 Å². The van der Waals surface area contributed by atoms with Crippen molar-refractivity contribution >= 4 is 15.9 Å². The molecule has 0 radical (unpaired) electrons. The van der Waals surface area contributed by atoms with Crippen molar-refractivity contribution in [3.05, 3.63) is 22.2 Å². The van der Waals surface area contributed by atoms with Gasteiger partial charge in [-0.2, -0.15) is 0 Å². The summed E-state index contributed by atoms with van der Waals surface area (Å²) in [5, 5.41) is 9.22. The van der Waals surface area contributed by atoms with E-state index >= 15 is 0 Å². The van der Waals surface area contributed by atoms with Crippen LogP contribution in [0.25, 0.3) is 0 Å². The molecule has 1 aromatic rings. The van der Waals surface area contributed by atoms with Crippen LogP contribution in [0.2, 0.25) is 0 Å². The molecule has 1 heterocycles. The minimum atomic E-state index is 0.0588. The van der Waals surface area contributed by atoms with E-state index in [0.29, 0.717) is 13.2 Å². The zero-order valence-corrected chi connectivity index (χ0v) is 10.8. The van der Waals surface area contributed by atoms with Gasteiger partial charge >= 0.3 is 0 Å². The molecule has 0 saturated heterocycles. The molecule has 0 spiro atoms. The summed E-state index contributed by atoms with van der Waals surface area (Å²) in [6.45, 7) is 3.41. The topological polar surface area (TPSA) is 38.7 Å². The second-order valence-electron chi connectivity index (χ2n) is 3.93. The van der Waals surface area contributed by atoms with Crippen LogP contribution in [-0.2, 0) is 0 Å². The Hall–Kier alpha value is -0.740. The van der Waals surface area contributed by atoms with Gasteiger partial charge in [0, 0.05) is 24.5 Å². The Kier molecular flexibility index (Phi) is 3.71. The lowest BCUT2D eigenvalue weighted by Gasteiger charge is -2.17. The lowest BCUT2D eigenvalue weighted by atomic mass is 10.0. The number of aliphatic hydroxyl groups is 1. The van der Waals surface area contributed by atoms with Gasteiger partial charge in [0.25, 0.3) is 0 Å². The van der Waals surface area contributed by atoms with Crippen molar-refractivity contribution in [2.75, 3.05) is 19.8 Å². The van der Waals surface area contributed by atoms with Crippen LogP contribution in [-0.4, -0.2) is 24.9 Å². The molecule has 0 aliphatic carbocycles. The first-order valence-corrected chi connectivity index (χ1v) is 6.22. The van der Waals surface area contributed by atoms with Crippen LogP contribution in [0.1, 0.15) is 24.8 Å². The number of hydrogen-bond donors (Lipinski definition) is 1. The highest BCUT2D eigenvalue weighted by Crippen LogP contribution is 2.42. The third-order valence-electron chi connectivity index (χ3n) is 2.68. The first-order chi connectivity index (χ1) is 7.74. The van der Waals surface area contributed by atoms with E-state index in [9.17, 15) is 5.11 Å². The van der Waals surface area contributed by atoms with Crippen molar-refractivity contribution in [1.82, 2.24) is 0 Å². The van der Waals surface area contributed by atoms with Crippen LogP contribution in [0, 0.1) is 0 Å². The zero-order chi connectivity index (χ0) is 11.5. The molecule has 3 nitrogen and oxygen atoms in total. The molecule has 0 amide bonds. The van der Waals surface area contributed by atoms with Crippen molar-refractivity contribution in [3.63, 3.8) is 0 Å². The average Bonchev–Trinajstić information content (AvgIpc) is 2.55. The number of hydrogen-bond acceptors (Lipinski definition) is 3. The van der Waals surface area contributed by atoms with Gasteiger partial charge in [0.15, 0.2) is 11.5 Å². The van der Waals surface area contributed by atoms with Crippen LogP contribution < -0.4 is 9.47 Å². The third-order valence-corrected chi connectivity index (χ3v) is 3.31. The number of fused-ring (bicyclic) bond motifs is 1. The smallest absolute Gasteiger partial charge is 0.175 e. The molecular weight excluding hydrogens is 272 g/mol. The Bertz CT molecular complexity index is 379. The molecule has 1 aliphatic heterocycles. The Morgan fingerprint density at radius 2 is 2.00 bits per heavy atom. The lowest BCUT2D eigenvalue weighted by Crippen LogP contribution is -2.04. The summed E-state index contributed by atoms with van der Waals surface area (Å²) >= 11 is 3.45. The van der Waals surface area contributed by atoms with E-state index in [-0.39, 0.29) is 12.5 Å². The Balaban J connectivity index is 2.47. The highest BCUT2D eigenvalue weighted by molar-refractivity contribution is 9.10. The van der Waals surface area contributed by atoms with Crippen LogP contribution in [0.15, 0.2) is 16.6 Å². The van der Waals surface area contributed by atoms with Crippen LogP contribution in [0.4, 0.5) is 0 Å². The van der Waals surface area contributed by atoms with Gasteiger partial charge < -0.3 is 14.6 Å². The van der Waals surface area contributed by atoms with Crippen LogP contribution in [0.5, 0.6) is 11.5 Å². The molecular formula is C12H15BrO3. The number of rotatable bonds is 2. The second kappa shape index (κ2) is 5.06. The van der Waals surface area contributed by atoms with Gasteiger partial charge in [-0.25, -0.2) is 0 Å². The Morgan fingerprint density at radius 3 is 2.69 bits per heavy atom. The minimum Gasteiger partial charge on any atom is -0.489 e. The van der Waals surface area contributed by atoms with E-state index in [0.717, 1.165) is 28.0 Å². The molecule has 0 saturated carbocycles. The first-order valence-electron chi connectivity index (χ1n) is 5.43. The highest BCUT2D eigenvalue weighted by atomic mass is 79.9. The SMILES string of the molecule is CC(CO)c1ccc(Br)c2c1OCCCO2. The summed E-state index contributed by atoms with van der Waals surface area (Å²) in [4.78, 5) is 0. The normalized spacial score (nSPS) is 16.7. The summed E-state index contributed by atoms with van der Waals surface area (Å²) in [6, 6.07) is 3.91. The third kappa shape index (κ3) is 2.18. The minimum absolute atomic E-state index is 0.0588. The summed E-state index contributed by atoms with van der Waals surface area (Å²) in [5.41, 5.74) is 1.00. The van der Waals surface area contributed by atoms with Gasteiger partial charge in [0.2, 0.25) is 0 Å². The van der Waals surface area contributed by atoms with Gasteiger partial charge in [0.1, 0.15) is 0 Å². The number of benzene rings is 1. The predicted molar refractivity (Wildman–Crippen MR) is 65.2 cm³/mol. The summed E-state index contributed by atoms with van der Waals surface area (Å²) in [7, 11) is 0. The summed E-state index contributed by atoms with van der Waals surface area (Å²) < 4.78 is 12.3. The van der Waals surface area contributed by atoms with Crippen LogP contribution in [0.3, 0.4) is 0 Å². The fourth-order valence-electron chi connectivity index (χ4n) is 1.73. The van der Waals surface area contributed by atoms with Crippen LogP contribution >= 0.6 is 15.9 Å². The van der Waals surface area contributed by atoms with Gasteiger partial charge in [-0.1, -0.05) is 13.0 Å². The summed E-state index contributed by atoms with van der Waals surface area (Å²) in [6.07, 6.45) is 0.883. The lowest BCUT2D eigenvalue weighted by molar-refractivity contribution is 0.265. The molecule has 1 unspecified atom stereocenters. The number of aliphatic hydroxyl groups excluding tert-OH is 1. The van der Waals surface area contributed by atoms with E-state index in [1.165, 1.54) is 0 Å². The van der Waals surface area contributed by atoms with E-state index in [1.807, 2.05) is 19.1 Å². The van der Waals surface area contributed by atoms with Crippen molar-refractivity contribution in [1.29, 1.82) is 0 Å². The van der Waals surface area contributed by atoms with Gasteiger partial charge in [-0.15, -0.1) is 0 Å². The largest absolute Gasteiger partial charge is 0.489 e. The fourth-order valence-corrected chi connectivity index (χ4v) is 2.16. The number of halogens is 1. The summed E-state index contributed by atoms with van der Waals surface area (Å²) in [5.74, 6) is 1.59. The Labute approximate surface area is 104 Å². The molecule has 1 aliphatic rings. The van der Waals surface area contributed by atoms with E-state index in [4.69, 9.17) is 9.47 Å². The van der Waals surface area contributed by atoms with Crippen molar-refractivity contribution < 1.29 is 14.6 Å². The molecule has 88 valence electrons. The van der Waals surface area contributed by atoms with Crippen molar-refractivity contribution in [2.45, 2.75) is 19.3 Å². The quantitative estimate of drug-likeness (QED) is 0.909. The fraction of sp³-hybridized carbons (Fsp3) is 0.500. The van der Waals surface area contributed by atoms with E-state index in [1.54, 1.807) is 0 Å². The standard InChI is InChI=1S/C12H15BrO3/c1-8(7-14)9-3-4-10(13)12-11(9)15-5-2-6-16-12/h3-4,8,14H,2,5-7H2,1H3. The monoisotopic (exact) mass is 286 g/mol. The van der Waals surface area contributed by atoms with Gasteiger partial charge in [-0.3, -0.25) is 0 Å². The molecule has 16 heavy (non-hydrogen) atoms. The maximum Gasteiger partial charge on any atom is 0.175 e. The molecule has 0 fully saturated rings. The molecule has 0 aromatic heterocycles. The molecule has 1 aromatic carbocycles. The predicted octanol–water partition coefficient (Wildman–Crippen LogP) is 2.71. The molecule has 1 N–H and O–H groups in total. The second-order valence-corrected chi connectivity index (χ2v) is 4.78. The molecule has 1 atom stereocenters. The number of ether oxygens (including phenoxy) is 2. The van der Waals surface area contributed by atoms with Crippen molar-refractivity contribution in [2.24, 2.45) is 0 Å².